The van der Waals surface area contributed by atoms with Crippen molar-refractivity contribution in [3.63, 3.8) is 0 Å². The monoisotopic (exact) mass is 464 g/mol. The molecular formula is C28H21BrSi. The van der Waals surface area contributed by atoms with E-state index in [0.717, 1.165) is 4.47 Å². The van der Waals surface area contributed by atoms with Crippen molar-refractivity contribution in [3.8, 4) is 0 Å². The fraction of sp³-hybridized carbons (Fsp3) is 0. The van der Waals surface area contributed by atoms with Gasteiger partial charge in [0, 0.05) is 4.47 Å². The average Bonchev–Trinajstić information content (AvgIpc) is 2.83. The first-order valence-electron chi connectivity index (χ1n) is 10.2. The number of fused-ring (bicyclic) bond motifs is 1. The predicted octanol–water partition coefficient (Wildman–Crippen LogP) is 4.98. The van der Waals surface area contributed by atoms with Crippen LogP contribution in [0, 0.1) is 0 Å². The molecule has 0 aliphatic rings. The second-order valence-electron chi connectivity index (χ2n) is 7.49. The number of rotatable bonds is 4. The van der Waals surface area contributed by atoms with Gasteiger partial charge in [-0.15, -0.1) is 0 Å². The van der Waals surface area contributed by atoms with Gasteiger partial charge in [-0.2, -0.15) is 0 Å². The number of hydrogen-bond acceptors (Lipinski definition) is 0. The highest BCUT2D eigenvalue weighted by atomic mass is 79.9. The molecule has 5 aromatic rings. The molecular weight excluding hydrogens is 444 g/mol. The quantitative estimate of drug-likeness (QED) is 0.260. The van der Waals surface area contributed by atoms with Crippen LogP contribution in [0.4, 0.5) is 0 Å². The number of hydrogen-bond donors (Lipinski definition) is 0. The number of benzene rings is 5. The predicted molar refractivity (Wildman–Crippen MR) is 135 cm³/mol. The van der Waals surface area contributed by atoms with E-state index in [0.29, 0.717) is 0 Å². The van der Waals surface area contributed by atoms with Crippen molar-refractivity contribution in [1.29, 1.82) is 0 Å². The summed E-state index contributed by atoms with van der Waals surface area (Å²) < 4.78 is 1.14. The minimum absolute atomic E-state index is 1.14. The van der Waals surface area contributed by atoms with E-state index in [9.17, 15) is 0 Å². The fourth-order valence-corrected chi connectivity index (χ4v) is 10.1. The van der Waals surface area contributed by atoms with Crippen LogP contribution in [-0.4, -0.2) is 8.07 Å². The molecule has 0 radical (unpaired) electrons. The largest absolute Gasteiger partial charge is 0.180 e. The Morgan fingerprint density at radius 1 is 0.400 bits per heavy atom. The van der Waals surface area contributed by atoms with Gasteiger partial charge in [0.15, 0.2) is 8.07 Å². The summed E-state index contributed by atoms with van der Waals surface area (Å²) in [5.41, 5.74) is 0. The first kappa shape index (κ1) is 19.0. The summed E-state index contributed by atoms with van der Waals surface area (Å²) in [6.45, 7) is 0. The van der Waals surface area contributed by atoms with E-state index in [-0.39, 0.29) is 0 Å². The van der Waals surface area contributed by atoms with E-state index in [2.05, 4.69) is 143 Å². The van der Waals surface area contributed by atoms with Gasteiger partial charge in [-0.1, -0.05) is 137 Å². The Kier molecular flexibility index (Phi) is 5.12. The Morgan fingerprint density at radius 3 is 1.27 bits per heavy atom. The Balaban J connectivity index is 2.00. The standard InChI is InChI=1S/C28H21BrSi/c29-27-20-21-28(26-19-11-10-18-25(26)27)30(22-12-4-1-5-13-22,23-14-6-2-7-15-23)24-16-8-3-9-17-24/h1-21H. The lowest BCUT2D eigenvalue weighted by Gasteiger charge is -2.35. The highest BCUT2D eigenvalue weighted by molar-refractivity contribution is 9.10. The minimum Gasteiger partial charge on any atom is -0.0623 e. The van der Waals surface area contributed by atoms with Gasteiger partial charge in [0.05, 0.1) is 0 Å². The van der Waals surface area contributed by atoms with Crippen molar-refractivity contribution >= 4 is 55.5 Å². The van der Waals surface area contributed by atoms with E-state index in [1.54, 1.807) is 0 Å². The normalized spacial score (nSPS) is 11.5. The zero-order valence-corrected chi connectivity index (χ0v) is 19.1. The van der Waals surface area contributed by atoms with Crippen molar-refractivity contribution in [1.82, 2.24) is 0 Å². The lowest BCUT2D eigenvalue weighted by molar-refractivity contribution is 1.67. The molecule has 0 atom stereocenters. The van der Waals surface area contributed by atoms with Gasteiger partial charge >= 0.3 is 0 Å². The van der Waals surface area contributed by atoms with E-state index in [1.807, 2.05) is 0 Å². The molecule has 0 saturated carbocycles. The third-order valence-electron chi connectivity index (χ3n) is 5.90. The van der Waals surface area contributed by atoms with Gasteiger partial charge in [0.2, 0.25) is 0 Å². The molecule has 0 heterocycles. The maximum atomic E-state index is 3.78. The van der Waals surface area contributed by atoms with Crippen molar-refractivity contribution in [2.75, 3.05) is 0 Å². The van der Waals surface area contributed by atoms with Crippen LogP contribution in [-0.2, 0) is 0 Å². The van der Waals surface area contributed by atoms with E-state index >= 15 is 0 Å². The summed E-state index contributed by atoms with van der Waals surface area (Å²) in [4.78, 5) is 0. The van der Waals surface area contributed by atoms with Gasteiger partial charge in [0.1, 0.15) is 0 Å². The summed E-state index contributed by atoms with van der Waals surface area (Å²) >= 11 is 3.78. The minimum atomic E-state index is -2.51. The van der Waals surface area contributed by atoms with Crippen LogP contribution in [0.2, 0.25) is 0 Å². The van der Waals surface area contributed by atoms with Gasteiger partial charge in [0.25, 0.3) is 0 Å². The molecule has 0 fully saturated rings. The second kappa shape index (κ2) is 8.06. The molecule has 5 aromatic carbocycles. The Morgan fingerprint density at radius 2 is 0.800 bits per heavy atom. The SMILES string of the molecule is Brc1ccc([Si](c2ccccc2)(c2ccccc2)c2ccccc2)c2ccccc12. The van der Waals surface area contributed by atoms with Crippen molar-refractivity contribution in [2.45, 2.75) is 0 Å². The third-order valence-corrected chi connectivity index (χ3v) is 11.4. The summed E-state index contributed by atoms with van der Waals surface area (Å²) in [6, 6.07) is 46.5. The third kappa shape index (κ3) is 3.04. The number of halogens is 1. The molecule has 5 rings (SSSR count). The van der Waals surface area contributed by atoms with Crippen molar-refractivity contribution in [2.24, 2.45) is 0 Å². The lowest BCUT2D eigenvalue weighted by atomic mass is 10.1. The van der Waals surface area contributed by atoms with Gasteiger partial charge in [-0.25, -0.2) is 0 Å². The van der Waals surface area contributed by atoms with Crippen LogP contribution in [0.5, 0.6) is 0 Å². The molecule has 0 amide bonds. The van der Waals surface area contributed by atoms with Crippen LogP contribution in [0.15, 0.2) is 132 Å². The van der Waals surface area contributed by atoms with E-state index in [1.165, 1.54) is 31.5 Å². The molecule has 0 aliphatic heterocycles. The maximum Gasteiger partial charge on any atom is 0.180 e. The van der Waals surface area contributed by atoms with Crippen LogP contribution in [0.1, 0.15) is 0 Å². The zero-order chi connectivity index (χ0) is 20.4. The molecule has 30 heavy (non-hydrogen) atoms. The molecule has 0 unspecified atom stereocenters. The van der Waals surface area contributed by atoms with E-state index in [4.69, 9.17) is 0 Å². The highest BCUT2D eigenvalue weighted by Gasteiger charge is 2.42. The molecule has 0 bridgehead atoms. The van der Waals surface area contributed by atoms with Crippen LogP contribution in [0.25, 0.3) is 10.8 Å². The first-order chi connectivity index (χ1) is 14.8. The molecule has 0 saturated heterocycles. The average molecular weight is 465 g/mol. The van der Waals surface area contributed by atoms with Crippen LogP contribution >= 0.6 is 15.9 Å². The molecule has 0 nitrogen and oxygen atoms in total. The lowest BCUT2D eigenvalue weighted by Crippen LogP contribution is -2.74. The molecule has 0 aromatic heterocycles. The maximum absolute atomic E-state index is 3.78. The van der Waals surface area contributed by atoms with Crippen molar-refractivity contribution in [3.05, 3.63) is 132 Å². The summed E-state index contributed by atoms with van der Waals surface area (Å²) in [5.74, 6) is 0. The van der Waals surface area contributed by atoms with E-state index < -0.39 is 8.07 Å². The topological polar surface area (TPSA) is 0 Å². The van der Waals surface area contributed by atoms with Crippen LogP contribution < -0.4 is 20.7 Å². The van der Waals surface area contributed by atoms with Gasteiger partial charge in [-0.05, 0) is 37.6 Å². The Hall–Kier alpha value is -2.94. The zero-order valence-electron chi connectivity index (χ0n) is 16.5. The Labute approximate surface area is 187 Å². The molecule has 144 valence electrons. The molecule has 0 aliphatic carbocycles. The molecule has 0 N–H and O–H groups in total. The smallest absolute Gasteiger partial charge is 0.0623 e. The summed E-state index contributed by atoms with van der Waals surface area (Å²) in [5, 5.41) is 8.19. The first-order valence-corrected chi connectivity index (χ1v) is 13.0. The van der Waals surface area contributed by atoms with Crippen LogP contribution in [0.3, 0.4) is 0 Å². The van der Waals surface area contributed by atoms with Gasteiger partial charge < -0.3 is 0 Å². The summed E-state index contributed by atoms with van der Waals surface area (Å²) in [6.07, 6.45) is 0. The second-order valence-corrected chi connectivity index (χ2v) is 12.1. The fourth-order valence-electron chi connectivity index (χ4n) is 4.62. The van der Waals surface area contributed by atoms with Crippen molar-refractivity contribution < 1.29 is 0 Å². The molecule has 2 heteroatoms. The molecule has 0 spiro atoms. The summed E-state index contributed by atoms with van der Waals surface area (Å²) in [7, 11) is -2.51. The van der Waals surface area contributed by atoms with Gasteiger partial charge in [-0.3, -0.25) is 0 Å². The Bertz CT molecular complexity index is 1190. The highest BCUT2D eigenvalue weighted by Crippen LogP contribution is 2.24.